The van der Waals surface area contributed by atoms with Gasteiger partial charge >= 0.3 is 0 Å². The van der Waals surface area contributed by atoms with E-state index < -0.39 is 5.91 Å². The van der Waals surface area contributed by atoms with Crippen LogP contribution in [0.4, 0.5) is 0 Å². The van der Waals surface area contributed by atoms with Crippen LogP contribution in [-0.2, 0) is 13.5 Å². The zero-order chi connectivity index (χ0) is 23.7. The molecular formula is C27H26N4O2. The maximum Gasteiger partial charge on any atom is 0.253 e. The Morgan fingerprint density at radius 2 is 1.58 bits per heavy atom. The van der Waals surface area contributed by atoms with Gasteiger partial charge in [0.1, 0.15) is 0 Å². The number of benzene rings is 2. The molecule has 6 nitrogen and oxygen atoms in total. The molecule has 4 rings (SSSR count). The zero-order valence-electron chi connectivity index (χ0n) is 19.0. The summed E-state index contributed by atoms with van der Waals surface area (Å²) in [6.45, 7) is 4.23. The smallest absolute Gasteiger partial charge is 0.253 e. The molecule has 166 valence electrons. The molecule has 0 unspecified atom stereocenters. The molecular weight excluding hydrogens is 412 g/mol. The SMILES string of the molecule is C=C(Cc1nccc2c1cc(-c1ccc(C(=O)N(C)C)cc1)n2C)c1ccc(C(N)=O)cc1. The molecule has 0 atom stereocenters. The molecule has 2 amide bonds. The van der Waals surface area contributed by atoms with Crippen LogP contribution in [0.25, 0.3) is 27.7 Å². The number of aromatic nitrogens is 2. The maximum absolute atomic E-state index is 12.2. The Morgan fingerprint density at radius 1 is 0.970 bits per heavy atom. The molecule has 0 saturated carbocycles. The van der Waals surface area contributed by atoms with Gasteiger partial charge in [-0.2, -0.15) is 0 Å². The first kappa shape index (κ1) is 22.0. The van der Waals surface area contributed by atoms with Gasteiger partial charge in [-0.05, 0) is 53.1 Å². The lowest BCUT2D eigenvalue weighted by Gasteiger charge is -2.11. The lowest BCUT2D eigenvalue weighted by Crippen LogP contribution is -2.21. The van der Waals surface area contributed by atoms with Gasteiger partial charge in [-0.3, -0.25) is 14.6 Å². The van der Waals surface area contributed by atoms with E-state index in [1.807, 2.05) is 55.7 Å². The fourth-order valence-corrected chi connectivity index (χ4v) is 3.95. The van der Waals surface area contributed by atoms with E-state index in [-0.39, 0.29) is 5.91 Å². The summed E-state index contributed by atoms with van der Waals surface area (Å²) in [6.07, 6.45) is 2.39. The van der Waals surface area contributed by atoms with Crippen molar-refractivity contribution in [2.45, 2.75) is 6.42 Å². The van der Waals surface area contributed by atoms with Crippen molar-refractivity contribution in [1.29, 1.82) is 0 Å². The van der Waals surface area contributed by atoms with Gasteiger partial charge < -0.3 is 15.2 Å². The van der Waals surface area contributed by atoms with Gasteiger partial charge in [-0.15, -0.1) is 0 Å². The fourth-order valence-electron chi connectivity index (χ4n) is 3.95. The van der Waals surface area contributed by atoms with Crippen LogP contribution in [-0.4, -0.2) is 40.4 Å². The predicted molar refractivity (Wildman–Crippen MR) is 132 cm³/mol. The number of rotatable bonds is 6. The van der Waals surface area contributed by atoms with E-state index >= 15 is 0 Å². The Bertz CT molecular complexity index is 1360. The van der Waals surface area contributed by atoms with Crippen molar-refractivity contribution < 1.29 is 9.59 Å². The molecule has 2 aromatic heterocycles. The van der Waals surface area contributed by atoms with E-state index in [4.69, 9.17) is 5.73 Å². The van der Waals surface area contributed by atoms with Crippen LogP contribution < -0.4 is 5.73 Å². The molecule has 2 aromatic carbocycles. The lowest BCUT2D eigenvalue weighted by atomic mass is 9.99. The Labute approximate surface area is 193 Å². The second-order valence-electron chi connectivity index (χ2n) is 8.28. The molecule has 0 radical (unpaired) electrons. The number of hydrogen-bond acceptors (Lipinski definition) is 3. The minimum Gasteiger partial charge on any atom is -0.366 e. The highest BCUT2D eigenvalue weighted by atomic mass is 16.2. The van der Waals surface area contributed by atoms with Crippen LogP contribution in [0.15, 0.2) is 73.4 Å². The van der Waals surface area contributed by atoms with Crippen LogP contribution in [0, 0.1) is 0 Å². The summed E-state index contributed by atoms with van der Waals surface area (Å²) >= 11 is 0. The highest BCUT2D eigenvalue weighted by Crippen LogP contribution is 2.30. The number of hydrogen-bond donors (Lipinski definition) is 1. The average molecular weight is 439 g/mol. The molecule has 0 aliphatic carbocycles. The van der Waals surface area contributed by atoms with Gasteiger partial charge in [0, 0.05) is 56.0 Å². The number of primary amides is 1. The minimum absolute atomic E-state index is 0.0209. The van der Waals surface area contributed by atoms with Crippen molar-refractivity contribution in [3.8, 4) is 11.3 Å². The van der Waals surface area contributed by atoms with Crippen molar-refractivity contribution >= 4 is 28.3 Å². The van der Waals surface area contributed by atoms with Crippen molar-refractivity contribution in [2.24, 2.45) is 12.8 Å². The third-order valence-corrected chi connectivity index (χ3v) is 5.85. The summed E-state index contributed by atoms with van der Waals surface area (Å²) in [5, 5.41) is 1.05. The molecule has 0 bridgehead atoms. The highest BCUT2D eigenvalue weighted by molar-refractivity contribution is 5.95. The number of pyridine rings is 1. The third kappa shape index (κ3) is 4.28. The minimum atomic E-state index is -0.450. The first-order valence-electron chi connectivity index (χ1n) is 10.6. The summed E-state index contributed by atoms with van der Waals surface area (Å²) in [4.78, 5) is 29.7. The van der Waals surface area contributed by atoms with Crippen LogP contribution >= 0.6 is 0 Å². The molecule has 4 aromatic rings. The highest BCUT2D eigenvalue weighted by Gasteiger charge is 2.14. The van der Waals surface area contributed by atoms with E-state index in [0.29, 0.717) is 17.5 Å². The Hall–Kier alpha value is -4.19. The molecule has 0 spiro atoms. The molecule has 2 N–H and O–H groups in total. The largest absolute Gasteiger partial charge is 0.366 e. The first-order chi connectivity index (χ1) is 15.8. The second-order valence-corrected chi connectivity index (χ2v) is 8.28. The zero-order valence-corrected chi connectivity index (χ0v) is 19.0. The summed E-state index contributed by atoms with van der Waals surface area (Å²) in [5.41, 5.74) is 12.4. The van der Waals surface area contributed by atoms with E-state index in [1.165, 1.54) is 0 Å². The Kier molecular flexibility index (Phi) is 5.84. The molecule has 2 heterocycles. The van der Waals surface area contributed by atoms with Crippen LogP contribution in [0.2, 0.25) is 0 Å². The standard InChI is InChI=1S/C27H26N4O2/c1-17(18-5-9-20(10-6-18)26(28)32)15-23-22-16-25(31(4)24(22)13-14-29-23)19-7-11-21(12-8-19)27(33)30(2)3/h5-14,16H,1,15H2,2-4H3,(H2,28,32). The summed E-state index contributed by atoms with van der Waals surface area (Å²) in [7, 11) is 5.51. The molecule has 6 heteroatoms. The topological polar surface area (TPSA) is 81.2 Å². The molecule has 33 heavy (non-hydrogen) atoms. The fraction of sp³-hybridized carbons (Fsp3) is 0.148. The number of nitrogens with two attached hydrogens (primary N) is 1. The normalized spacial score (nSPS) is 10.9. The lowest BCUT2D eigenvalue weighted by molar-refractivity contribution is 0.0827. The van der Waals surface area contributed by atoms with Crippen molar-refractivity contribution in [1.82, 2.24) is 14.5 Å². The van der Waals surface area contributed by atoms with Gasteiger partial charge in [0.25, 0.3) is 5.91 Å². The van der Waals surface area contributed by atoms with E-state index in [1.54, 1.807) is 31.1 Å². The number of amides is 2. The maximum atomic E-state index is 12.2. The Morgan fingerprint density at radius 3 is 2.18 bits per heavy atom. The van der Waals surface area contributed by atoms with Gasteiger partial charge in [0.15, 0.2) is 0 Å². The predicted octanol–water partition coefficient (Wildman–Crippen LogP) is 4.30. The number of allylic oxidation sites excluding steroid dienone is 1. The molecule has 0 aliphatic heterocycles. The van der Waals surface area contributed by atoms with Crippen molar-refractivity contribution in [3.05, 3.63) is 95.8 Å². The first-order valence-corrected chi connectivity index (χ1v) is 10.6. The van der Waals surface area contributed by atoms with Gasteiger partial charge in [-0.25, -0.2) is 0 Å². The van der Waals surface area contributed by atoms with Gasteiger partial charge in [-0.1, -0.05) is 30.8 Å². The molecule has 0 fully saturated rings. The van der Waals surface area contributed by atoms with Crippen molar-refractivity contribution in [2.75, 3.05) is 14.1 Å². The molecule has 0 saturated heterocycles. The van der Waals surface area contributed by atoms with Gasteiger partial charge in [0.05, 0.1) is 11.2 Å². The summed E-state index contributed by atoms with van der Waals surface area (Å²) in [5.74, 6) is -0.470. The van der Waals surface area contributed by atoms with Gasteiger partial charge in [0.2, 0.25) is 5.91 Å². The Balaban J connectivity index is 1.65. The van der Waals surface area contributed by atoms with Crippen LogP contribution in [0.5, 0.6) is 0 Å². The second kappa shape index (κ2) is 8.74. The third-order valence-electron chi connectivity index (χ3n) is 5.85. The van der Waals surface area contributed by atoms with E-state index in [2.05, 4.69) is 22.2 Å². The summed E-state index contributed by atoms with van der Waals surface area (Å²) < 4.78 is 2.13. The number of carbonyl (C=O) groups excluding carboxylic acids is 2. The number of aryl methyl sites for hydroxylation is 1. The quantitative estimate of drug-likeness (QED) is 0.487. The number of fused-ring (bicyclic) bond motifs is 1. The van der Waals surface area contributed by atoms with E-state index in [0.717, 1.165) is 39.0 Å². The summed E-state index contributed by atoms with van der Waals surface area (Å²) in [6, 6.07) is 18.9. The number of nitrogens with zero attached hydrogens (tertiary/aromatic N) is 3. The number of carbonyl (C=O) groups is 2. The van der Waals surface area contributed by atoms with E-state index in [9.17, 15) is 9.59 Å². The van der Waals surface area contributed by atoms with Crippen LogP contribution in [0.3, 0.4) is 0 Å². The van der Waals surface area contributed by atoms with Crippen molar-refractivity contribution in [3.63, 3.8) is 0 Å². The van der Waals surface area contributed by atoms with Crippen LogP contribution in [0.1, 0.15) is 32.0 Å². The molecule has 0 aliphatic rings. The monoisotopic (exact) mass is 438 g/mol. The average Bonchev–Trinajstić information content (AvgIpc) is 3.16.